The molecule has 2 saturated heterocycles. The number of nitrogens with zero attached hydrogens (tertiary/aromatic N) is 5. The van der Waals surface area contributed by atoms with Crippen molar-refractivity contribution in [3.63, 3.8) is 0 Å². The van der Waals surface area contributed by atoms with Gasteiger partial charge in [-0.1, -0.05) is 26.8 Å². The van der Waals surface area contributed by atoms with Crippen LogP contribution >= 0.6 is 0 Å². The van der Waals surface area contributed by atoms with Crippen molar-refractivity contribution < 1.29 is 14.3 Å². The number of nitrogens with one attached hydrogen (secondary N) is 1. The second kappa shape index (κ2) is 11.5. The molecule has 9 heteroatoms. The number of pyridine rings is 1. The Labute approximate surface area is 240 Å². The summed E-state index contributed by atoms with van der Waals surface area (Å²) in [5.74, 6) is 1.21. The summed E-state index contributed by atoms with van der Waals surface area (Å²) in [5, 5.41) is 8.01. The fraction of sp³-hybridized carbons (Fsp3) is 0.438. The molecule has 6 rings (SSSR count). The maximum absolute atomic E-state index is 12.4. The number of aromatic nitrogens is 4. The van der Waals surface area contributed by atoms with Crippen LogP contribution < -0.4 is 10.1 Å². The van der Waals surface area contributed by atoms with Gasteiger partial charge in [-0.2, -0.15) is 5.10 Å². The largest absolute Gasteiger partial charge is 0.495 e. The van der Waals surface area contributed by atoms with E-state index in [1.165, 1.54) is 18.5 Å². The van der Waals surface area contributed by atoms with Crippen molar-refractivity contribution >= 4 is 17.4 Å². The molecule has 0 saturated carbocycles. The monoisotopic (exact) mass is 554 g/mol. The molecule has 9 nitrogen and oxygen atoms in total. The number of methoxy groups -OCH3 is 1. The van der Waals surface area contributed by atoms with Crippen molar-refractivity contribution in [2.75, 3.05) is 25.6 Å². The highest BCUT2D eigenvalue weighted by Gasteiger charge is 2.41. The molecule has 2 fully saturated rings. The first-order chi connectivity index (χ1) is 20.0. The maximum Gasteiger partial charge on any atom is 0.411 e. The molecule has 2 unspecified atom stereocenters. The van der Waals surface area contributed by atoms with E-state index in [1.54, 1.807) is 19.5 Å². The van der Waals surface area contributed by atoms with Crippen molar-refractivity contribution in [3.8, 4) is 28.1 Å². The molecule has 1 N–H and O–H groups in total. The van der Waals surface area contributed by atoms with E-state index in [9.17, 15) is 4.79 Å². The number of piperidine rings is 1. The molecule has 1 amide bonds. The maximum atomic E-state index is 12.4. The number of carbonyl (C=O) groups is 1. The number of hydrogen-bond acceptors (Lipinski definition) is 7. The Bertz CT molecular complexity index is 1520. The molecule has 0 spiro atoms. The Morgan fingerprint density at radius 2 is 1.80 bits per heavy atom. The van der Waals surface area contributed by atoms with Crippen LogP contribution in [0.25, 0.3) is 28.0 Å². The first-order valence-corrected chi connectivity index (χ1v) is 14.6. The summed E-state index contributed by atoms with van der Waals surface area (Å²) in [7, 11) is 1.59. The zero-order valence-corrected chi connectivity index (χ0v) is 24.2. The molecule has 2 bridgehead atoms. The Hall–Kier alpha value is -3.98. The van der Waals surface area contributed by atoms with Gasteiger partial charge in [-0.15, -0.1) is 0 Å². The third kappa shape index (κ3) is 5.26. The number of ether oxygens (including phenoxy) is 2. The van der Waals surface area contributed by atoms with Gasteiger partial charge in [0.2, 0.25) is 0 Å². The lowest BCUT2D eigenvalue weighted by molar-refractivity contribution is 0.132. The number of amides is 1. The first kappa shape index (κ1) is 27.2. The van der Waals surface area contributed by atoms with Gasteiger partial charge in [-0.05, 0) is 74.0 Å². The molecular formula is C32H38N6O3. The van der Waals surface area contributed by atoms with Gasteiger partial charge in [-0.25, -0.2) is 14.3 Å². The first-order valence-electron chi connectivity index (χ1n) is 14.6. The van der Waals surface area contributed by atoms with Crippen LogP contribution in [0.15, 0.2) is 55.0 Å². The van der Waals surface area contributed by atoms with Crippen LogP contribution in [-0.4, -0.2) is 62.9 Å². The molecule has 0 aliphatic carbocycles. The van der Waals surface area contributed by atoms with Crippen molar-refractivity contribution in [1.82, 2.24) is 24.5 Å². The van der Waals surface area contributed by atoms with E-state index in [-0.39, 0.29) is 5.92 Å². The molecule has 1 aromatic carbocycles. The fourth-order valence-electron chi connectivity index (χ4n) is 6.62. The van der Waals surface area contributed by atoms with E-state index in [2.05, 4.69) is 32.7 Å². The normalized spacial score (nSPS) is 20.5. The molecule has 2 atom stereocenters. The summed E-state index contributed by atoms with van der Waals surface area (Å²) in [6, 6.07) is 13.1. The Balaban J connectivity index is 1.42. The zero-order chi connectivity index (χ0) is 28.5. The predicted octanol–water partition coefficient (Wildman–Crippen LogP) is 6.40. The minimum Gasteiger partial charge on any atom is -0.495 e. The third-order valence-electron chi connectivity index (χ3n) is 8.44. The second-order valence-corrected chi connectivity index (χ2v) is 11.5. The zero-order valence-electron chi connectivity index (χ0n) is 24.2. The summed E-state index contributed by atoms with van der Waals surface area (Å²) in [4.78, 5) is 24.1. The van der Waals surface area contributed by atoms with Crippen molar-refractivity contribution in [2.24, 2.45) is 5.92 Å². The highest BCUT2D eigenvalue weighted by molar-refractivity contribution is 5.93. The molecule has 2 aliphatic heterocycles. The Morgan fingerprint density at radius 1 is 1.05 bits per heavy atom. The van der Waals surface area contributed by atoms with Crippen molar-refractivity contribution in [3.05, 3.63) is 60.7 Å². The molecule has 4 aromatic rings. The van der Waals surface area contributed by atoms with Gasteiger partial charge in [-0.3, -0.25) is 15.2 Å². The smallest absolute Gasteiger partial charge is 0.411 e. The second-order valence-electron chi connectivity index (χ2n) is 11.5. The summed E-state index contributed by atoms with van der Waals surface area (Å²) >= 11 is 0. The van der Waals surface area contributed by atoms with Crippen LogP contribution in [0.1, 0.15) is 58.1 Å². The van der Waals surface area contributed by atoms with Crippen LogP contribution in [0.3, 0.4) is 0 Å². The van der Waals surface area contributed by atoms with E-state index < -0.39 is 6.09 Å². The van der Waals surface area contributed by atoms with Gasteiger partial charge >= 0.3 is 6.09 Å². The summed E-state index contributed by atoms with van der Waals surface area (Å²) in [5.41, 5.74) is 6.17. The number of benzene rings is 1. The summed E-state index contributed by atoms with van der Waals surface area (Å²) in [6.45, 7) is 7.74. The van der Waals surface area contributed by atoms with E-state index in [1.807, 2.05) is 50.4 Å². The lowest BCUT2D eigenvalue weighted by Gasteiger charge is -2.38. The summed E-state index contributed by atoms with van der Waals surface area (Å²) < 4.78 is 13.1. The predicted molar refractivity (Wildman–Crippen MR) is 159 cm³/mol. The lowest BCUT2D eigenvalue weighted by atomic mass is 9.88. The van der Waals surface area contributed by atoms with E-state index >= 15 is 0 Å². The highest BCUT2D eigenvalue weighted by atomic mass is 16.5. The van der Waals surface area contributed by atoms with Crippen LogP contribution in [0.5, 0.6) is 5.75 Å². The lowest BCUT2D eigenvalue weighted by Crippen LogP contribution is -2.42. The van der Waals surface area contributed by atoms with Crippen LogP contribution in [0.2, 0.25) is 0 Å². The number of anilines is 1. The number of fused-ring (bicyclic) bond motifs is 3. The molecule has 0 radical (unpaired) electrons. The SMILES string of the molecule is CCN1C2CCC1CC(c1ccnc3c(-c4ccc(NC(=O)OCC(C)C)c(OC)c4)c(-c4ccncc4)nn13)C2. The number of rotatable bonds is 8. The fourth-order valence-corrected chi connectivity index (χ4v) is 6.62. The molecular weight excluding hydrogens is 516 g/mol. The molecule has 41 heavy (non-hydrogen) atoms. The van der Waals surface area contributed by atoms with Gasteiger partial charge < -0.3 is 9.47 Å². The topological polar surface area (TPSA) is 93.9 Å². The van der Waals surface area contributed by atoms with Crippen molar-refractivity contribution in [1.29, 1.82) is 0 Å². The third-order valence-corrected chi connectivity index (χ3v) is 8.44. The highest BCUT2D eigenvalue weighted by Crippen LogP contribution is 2.44. The molecule has 2 aliphatic rings. The van der Waals surface area contributed by atoms with E-state index in [0.29, 0.717) is 36.0 Å². The van der Waals surface area contributed by atoms with Crippen LogP contribution in [0, 0.1) is 5.92 Å². The average Bonchev–Trinajstić information content (AvgIpc) is 3.50. The molecule has 214 valence electrons. The van der Waals surface area contributed by atoms with Gasteiger partial charge in [0.1, 0.15) is 11.4 Å². The Morgan fingerprint density at radius 3 is 2.49 bits per heavy atom. The van der Waals surface area contributed by atoms with Crippen LogP contribution in [0.4, 0.5) is 10.5 Å². The Kier molecular flexibility index (Phi) is 7.62. The van der Waals surface area contributed by atoms with Gasteiger partial charge in [0.05, 0.1) is 25.0 Å². The quantitative estimate of drug-likeness (QED) is 0.269. The minimum atomic E-state index is -0.507. The average molecular weight is 555 g/mol. The van der Waals surface area contributed by atoms with Crippen LogP contribution in [-0.2, 0) is 4.74 Å². The summed E-state index contributed by atoms with van der Waals surface area (Å²) in [6.07, 6.45) is 9.82. The molecule has 5 heterocycles. The van der Waals surface area contributed by atoms with Gasteiger partial charge in [0.15, 0.2) is 5.65 Å². The standard InChI is InChI=1S/C32H38N6O3/c1-5-37-24-7-8-25(37)17-23(16-24)27-12-15-34-31-29(30(36-38(27)31)21-10-13-33-14-11-21)22-6-9-26(28(18-22)40-4)35-32(39)41-19-20(2)3/h6,9-15,18,20,23-25H,5,7-8,16-17,19H2,1-4H3,(H,35,39). The van der Waals surface area contributed by atoms with E-state index in [4.69, 9.17) is 19.6 Å². The van der Waals surface area contributed by atoms with Gasteiger partial charge in [0, 0.05) is 47.8 Å². The number of hydrogen-bond donors (Lipinski definition) is 1. The number of carbonyl (C=O) groups excluding carboxylic acids is 1. The van der Waals surface area contributed by atoms with E-state index in [0.717, 1.165) is 47.4 Å². The van der Waals surface area contributed by atoms with Crippen molar-refractivity contribution in [2.45, 2.75) is 64.5 Å². The minimum absolute atomic E-state index is 0.249. The van der Waals surface area contributed by atoms with Gasteiger partial charge in [0.25, 0.3) is 0 Å². The molecule has 3 aromatic heterocycles.